The van der Waals surface area contributed by atoms with E-state index in [0.29, 0.717) is 4.09 Å². The van der Waals surface area contributed by atoms with E-state index in [2.05, 4.69) is 38.5 Å². The zero-order valence-corrected chi connectivity index (χ0v) is 8.74. The van der Waals surface area contributed by atoms with E-state index in [1.54, 1.807) is 0 Å². The van der Waals surface area contributed by atoms with Gasteiger partial charge < -0.3 is 0 Å². The molecule has 0 bridgehead atoms. The van der Waals surface area contributed by atoms with E-state index in [4.69, 9.17) is 0 Å². The van der Waals surface area contributed by atoms with Crippen LogP contribution in [0.15, 0.2) is 0 Å². The molecule has 0 spiro atoms. The van der Waals surface area contributed by atoms with Crippen molar-refractivity contribution in [2.75, 3.05) is 0 Å². The fourth-order valence-corrected chi connectivity index (χ4v) is 1.41. The van der Waals surface area contributed by atoms with Crippen LogP contribution in [-0.4, -0.2) is 17.7 Å². The van der Waals surface area contributed by atoms with Gasteiger partial charge in [-0.1, -0.05) is 0 Å². The van der Waals surface area contributed by atoms with Gasteiger partial charge in [0.1, 0.15) is 0 Å². The monoisotopic (exact) mass is 148 g/mol. The van der Waals surface area contributed by atoms with Crippen molar-refractivity contribution in [1.29, 1.82) is 0 Å². The number of unbranched alkanes of at least 4 members (excludes halogenated alkanes) is 2. The third-order valence-corrected chi connectivity index (χ3v) is 3.09. The van der Waals surface area contributed by atoms with Gasteiger partial charge in [-0.2, -0.15) is 0 Å². The molecular formula is C10H21Li. The standard InChI is InChI=1S/C10H21.Li/c1-4-7-8-9-10(5-2)6-3;/h4-9H2,1-3H3;. The van der Waals surface area contributed by atoms with Crippen molar-refractivity contribution < 1.29 is 0 Å². The third-order valence-electron chi connectivity index (χ3n) is 3.09. The molecule has 11 heavy (non-hydrogen) atoms. The van der Waals surface area contributed by atoms with Gasteiger partial charge in [-0.05, 0) is 0 Å². The topological polar surface area (TPSA) is 0 Å². The predicted octanol–water partition coefficient (Wildman–Crippen LogP) is 3.71. The van der Waals surface area contributed by atoms with Gasteiger partial charge in [0.25, 0.3) is 0 Å². The molecule has 0 fully saturated rings. The van der Waals surface area contributed by atoms with Crippen molar-refractivity contribution in [3.63, 3.8) is 0 Å². The molecule has 0 heterocycles. The first-order chi connectivity index (χ1) is 5.18. The Hall–Kier alpha value is 0.597. The van der Waals surface area contributed by atoms with E-state index >= 15 is 0 Å². The van der Waals surface area contributed by atoms with Crippen LogP contribution in [0, 0.1) is 0 Å². The van der Waals surface area contributed by atoms with Crippen LogP contribution < -0.4 is 0 Å². The molecule has 0 atom stereocenters. The van der Waals surface area contributed by atoms with Gasteiger partial charge in [0.15, 0.2) is 0 Å². The molecule has 0 N–H and O–H groups in total. The summed E-state index contributed by atoms with van der Waals surface area (Å²) in [4.78, 5) is 0. The van der Waals surface area contributed by atoms with Crippen LogP contribution in [0.5, 0.6) is 0 Å². The zero-order chi connectivity index (χ0) is 8.74. The summed E-state index contributed by atoms with van der Waals surface area (Å²) in [5.74, 6) is 0. The first-order valence-electron chi connectivity index (χ1n) is 5.18. The molecular weight excluding hydrogens is 127 g/mol. The minimum atomic E-state index is 0.634. The van der Waals surface area contributed by atoms with Crippen LogP contribution in [0.3, 0.4) is 0 Å². The second kappa shape index (κ2) is 6.15. The van der Waals surface area contributed by atoms with Gasteiger partial charge in [0, 0.05) is 0 Å². The Bertz CT molecular complexity index is 84.9. The Kier molecular flexibility index (Phi) is 6.49. The summed E-state index contributed by atoms with van der Waals surface area (Å²) in [7, 11) is 0. The maximum atomic E-state index is 2.42. The van der Waals surface area contributed by atoms with E-state index in [-0.39, 0.29) is 0 Å². The molecule has 62 valence electrons. The van der Waals surface area contributed by atoms with Crippen molar-refractivity contribution in [2.45, 2.75) is 63.4 Å². The summed E-state index contributed by atoms with van der Waals surface area (Å²) in [6.45, 7) is 6.90. The average molecular weight is 148 g/mol. The molecule has 0 aliphatic carbocycles. The second-order valence-corrected chi connectivity index (χ2v) is 3.97. The SMILES string of the molecule is [Li][C](CC)(CC)CCCCC. The number of hydrogen-bond donors (Lipinski definition) is 0. The summed E-state index contributed by atoms with van der Waals surface area (Å²) in [5.41, 5.74) is 0. The molecule has 0 saturated heterocycles. The fourth-order valence-electron chi connectivity index (χ4n) is 1.41. The predicted molar refractivity (Wildman–Crippen MR) is 53.2 cm³/mol. The first-order valence-corrected chi connectivity index (χ1v) is 5.18. The van der Waals surface area contributed by atoms with Crippen LogP contribution in [-0.2, 0) is 0 Å². The van der Waals surface area contributed by atoms with Crippen LogP contribution >= 0.6 is 0 Å². The van der Waals surface area contributed by atoms with Gasteiger partial charge in [0.05, 0.1) is 0 Å². The van der Waals surface area contributed by atoms with Crippen LogP contribution in [0.1, 0.15) is 59.3 Å². The van der Waals surface area contributed by atoms with Gasteiger partial charge in [-0.3, -0.25) is 0 Å². The number of hydrogen-bond acceptors (Lipinski definition) is 0. The maximum absolute atomic E-state index is 2.42. The molecule has 0 nitrogen and oxygen atoms in total. The molecule has 0 aliphatic rings. The van der Waals surface area contributed by atoms with Crippen molar-refractivity contribution in [1.82, 2.24) is 0 Å². The average Bonchev–Trinajstić information content (AvgIpc) is 2.05. The molecule has 0 radical (unpaired) electrons. The first kappa shape index (κ1) is 11.6. The van der Waals surface area contributed by atoms with Crippen LogP contribution in [0.2, 0.25) is 4.09 Å². The Labute approximate surface area is 81.3 Å². The molecule has 0 unspecified atom stereocenters. The summed E-state index contributed by atoms with van der Waals surface area (Å²) in [6.07, 6.45) is 8.29. The quantitative estimate of drug-likeness (QED) is 0.398. The van der Waals surface area contributed by atoms with E-state index in [1.165, 1.54) is 38.5 Å². The second-order valence-electron chi connectivity index (χ2n) is 3.97. The fraction of sp³-hybridized carbons (Fsp3) is 1.00. The molecule has 0 aromatic rings. The van der Waals surface area contributed by atoms with Crippen LogP contribution in [0.25, 0.3) is 0 Å². The van der Waals surface area contributed by atoms with E-state index < -0.39 is 0 Å². The van der Waals surface area contributed by atoms with Crippen molar-refractivity contribution >= 4 is 17.7 Å². The molecule has 0 rings (SSSR count). The molecule has 0 amide bonds. The van der Waals surface area contributed by atoms with Crippen molar-refractivity contribution in [3.8, 4) is 0 Å². The Morgan fingerprint density at radius 2 is 1.55 bits per heavy atom. The van der Waals surface area contributed by atoms with E-state index in [1.807, 2.05) is 0 Å². The van der Waals surface area contributed by atoms with Gasteiger partial charge >= 0.3 is 81.1 Å². The summed E-state index contributed by atoms with van der Waals surface area (Å²) in [6, 6.07) is 0. The summed E-state index contributed by atoms with van der Waals surface area (Å²) in [5, 5.41) is 0. The summed E-state index contributed by atoms with van der Waals surface area (Å²) >= 11 is 2.42. The van der Waals surface area contributed by atoms with Gasteiger partial charge in [-0.25, -0.2) is 0 Å². The molecule has 0 aromatic carbocycles. The molecule has 1 heteroatoms. The van der Waals surface area contributed by atoms with Gasteiger partial charge in [-0.15, -0.1) is 0 Å². The van der Waals surface area contributed by atoms with Crippen molar-refractivity contribution in [2.24, 2.45) is 0 Å². The molecule has 0 aliphatic heterocycles. The molecule has 0 aromatic heterocycles. The third kappa shape index (κ3) is 4.94. The summed E-state index contributed by atoms with van der Waals surface area (Å²) < 4.78 is 0.634. The Balaban J connectivity index is 3.51. The Morgan fingerprint density at radius 3 is 1.91 bits per heavy atom. The normalized spacial score (nSPS) is 12.1. The van der Waals surface area contributed by atoms with Crippen LogP contribution in [0.4, 0.5) is 0 Å². The minimum absolute atomic E-state index is 0.634. The zero-order valence-electron chi connectivity index (χ0n) is 8.74. The molecule has 0 saturated carbocycles. The van der Waals surface area contributed by atoms with E-state index in [9.17, 15) is 0 Å². The van der Waals surface area contributed by atoms with E-state index in [0.717, 1.165) is 0 Å². The number of rotatable bonds is 6. The van der Waals surface area contributed by atoms with Gasteiger partial charge in [0.2, 0.25) is 0 Å². The Morgan fingerprint density at radius 1 is 1.00 bits per heavy atom. The van der Waals surface area contributed by atoms with Crippen molar-refractivity contribution in [3.05, 3.63) is 0 Å².